The van der Waals surface area contributed by atoms with E-state index in [-0.39, 0.29) is 0 Å². The molecule has 0 spiro atoms. The Morgan fingerprint density at radius 1 is 1.31 bits per heavy atom. The maximum Gasteiger partial charge on any atom is 0.0718 e. The van der Waals surface area contributed by atoms with Crippen molar-refractivity contribution in [2.75, 3.05) is 13.1 Å². The highest BCUT2D eigenvalue weighted by Gasteiger charge is 2.17. The van der Waals surface area contributed by atoms with Gasteiger partial charge in [0.05, 0.1) is 5.60 Å². The van der Waals surface area contributed by atoms with Crippen LogP contribution >= 0.6 is 11.6 Å². The molecule has 0 aliphatic rings. The molecule has 0 aliphatic carbocycles. The van der Waals surface area contributed by atoms with Crippen LogP contribution in [0, 0.1) is 0 Å². The Morgan fingerprint density at radius 2 is 1.94 bits per heavy atom. The lowest BCUT2D eigenvalue weighted by atomic mass is 10.1. The third-order valence-corrected chi connectivity index (χ3v) is 2.78. The Morgan fingerprint density at radius 3 is 2.44 bits per heavy atom. The second-order valence-electron chi connectivity index (χ2n) is 4.71. The highest BCUT2D eigenvalue weighted by atomic mass is 35.5. The highest BCUT2D eigenvalue weighted by Crippen LogP contribution is 2.18. The molecule has 0 bridgehead atoms. The molecule has 0 amide bonds. The van der Waals surface area contributed by atoms with Gasteiger partial charge in [-0.05, 0) is 32.0 Å². The fraction of sp³-hybridized carbons (Fsp3) is 0.538. The van der Waals surface area contributed by atoms with Crippen LogP contribution in [0.4, 0.5) is 0 Å². The van der Waals surface area contributed by atoms with Gasteiger partial charge in [-0.15, -0.1) is 0 Å². The van der Waals surface area contributed by atoms with E-state index in [2.05, 4.69) is 11.8 Å². The summed E-state index contributed by atoms with van der Waals surface area (Å²) in [5, 5.41) is 10.6. The first-order chi connectivity index (χ1) is 7.42. The van der Waals surface area contributed by atoms with Crippen LogP contribution in [0.3, 0.4) is 0 Å². The Balaban J connectivity index is 2.67. The summed E-state index contributed by atoms with van der Waals surface area (Å²) >= 11 is 6.11. The third kappa shape index (κ3) is 4.52. The number of aliphatic hydroxyl groups is 1. The normalized spacial score (nSPS) is 12.1. The number of hydrogen-bond acceptors (Lipinski definition) is 2. The van der Waals surface area contributed by atoms with Crippen molar-refractivity contribution in [3.05, 3.63) is 34.9 Å². The number of rotatable bonds is 5. The fourth-order valence-electron chi connectivity index (χ4n) is 1.69. The van der Waals surface area contributed by atoms with Gasteiger partial charge in [0.1, 0.15) is 0 Å². The Kier molecular flexibility index (Phi) is 4.78. The van der Waals surface area contributed by atoms with Crippen LogP contribution in [0.25, 0.3) is 0 Å². The maximum absolute atomic E-state index is 9.79. The van der Waals surface area contributed by atoms with E-state index in [1.165, 1.54) is 0 Å². The molecule has 0 aliphatic heterocycles. The van der Waals surface area contributed by atoms with Gasteiger partial charge in [0.2, 0.25) is 0 Å². The van der Waals surface area contributed by atoms with Crippen LogP contribution in [-0.4, -0.2) is 28.7 Å². The van der Waals surface area contributed by atoms with E-state index in [9.17, 15) is 5.11 Å². The van der Waals surface area contributed by atoms with Gasteiger partial charge in [-0.3, -0.25) is 4.90 Å². The SMILES string of the molecule is CCN(Cc1ccccc1Cl)CC(C)(C)O. The van der Waals surface area contributed by atoms with E-state index in [0.717, 1.165) is 23.7 Å². The molecule has 0 unspecified atom stereocenters. The number of nitrogens with zero attached hydrogens (tertiary/aromatic N) is 1. The predicted molar refractivity (Wildman–Crippen MR) is 68.7 cm³/mol. The summed E-state index contributed by atoms with van der Waals surface area (Å²) in [4.78, 5) is 2.18. The lowest BCUT2D eigenvalue weighted by molar-refractivity contribution is 0.0353. The highest BCUT2D eigenvalue weighted by molar-refractivity contribution is 6.31. The van der Waals surface area contributed by atoms with Crippen molar-refractivity contribution < 1.29 is 5.11 Å². The molecule has 0 saturated heterocycles. The lowest BCUT2D eigenvalue weighted by Gasteiger charge is -2.28. The molecule has 0 atom stereocenters. The second-order valence-corrected chi connectivity index (χ2v) is 5.11. The summed E-state index contributed by atoms with van der Waals surface area (Å²) < 4.78 is 0. The largest absolute Gasteiger partial charge is 0.389 e. The number of likely N-dealkylation sites (N-methyl/N-ethyl adjacent to an activating group) is 1. The van der Waals surface area contributed by atoms with Gasteiger partial charge in [0.25, 0.3) is 0 Å². The van der Waals surface area contributed by atoms with Crippen LogP contribution in [0.1, 0.15) is 26.3 Å². The maximum atomic E-state index is 9.79. The van der Waals surface area contributed by atoms with Crippen molar-refractivity contribution in [2.24, 2.45) is 0 Å². The topological polar surface area (TPSA) is 23.5 Å². The van der Waals surface area contributed by atoms with Gasteiger partial charge < -0.3 is 5.11 Å². The second kappa shape index (κ2) is 5.67. The van der Waals surface area contributed by atoms with Gasteiger partial charge >= 0.3 is 0 Å². The first-order valence-electron chi connectivity index (χ1n) is 5.60. The Labute approximate surface area is 103 Å². The molecule has 1 rings (SSSR count). The molecular weight excluding hydrogens is 222 g/mol. The molecule has 1 aromatic carbocycles. The lowest BCUT2D eigenvalue weighted by Crippen LogP contribution is -2.38. The van der Waals surface area contributed by atoms with Crippen molar-refractivity contribution in [1.82, 2.24) is 4.90 Å². The standard InChI is InChI=1S/C13H20ClNO/c1-4-15(10-13(2,3)16)9-11-7-5-6-8-12(11)14/h5-8,16H,4,9-10H2,1-3H3. The zero-order chi connectivity index (χ0) is 12.2. The van der Waals surface area contributed by atoms with Gasteiger partial charge in [0.15, 0.2) is 0 Å². The minimum absolute atomic E-state index is 0.648. The molecule has 90 valence electrons. The summed E-state index contributed by atoms with van der Waals surface area (Å²) in [6.07, 6.45) is 0. The van der Waals surface area contributed by atoms with E-state index in [0.29, 0.717) is 6.54 Å². The van der Waals surface area contributed by atoms with Crippen LogP contribution in [0.15, 0.2) is 24.3 Å². The molecule has 2 nitrogen and oxygen atoms in total. The van der Waals surface area contributed by atoms with Gasteiger partial charge in [-0.25, -0.2) is 0 Å². The van der Waals surface area contributed by atoms with Crippen molar-refractivity contribution in [1.29, 1.82) is 0 Å². The van der Waals surface area contributed by atoms with Gasteiger partial charge in [-0.1, -0.05) is 36.7 Å². The number of hydrogen-bond donors (Lipinski definition) is 1. The molecule has 0 aromatic heterocycles. The van der Waals surface area contributed by atoms with Gasteiger partial charge in [-0.2, -0.15) is 0 Å². The first-order valence-corrected chi connectivity index (χ1v) is 5.98. The number of halogens is 1. The molecular formula is C13H20ClNO. The average Bonchev–Trinajstić information content (AvgIpc) is 2.18. The summed E-state index contributed by atoms with van der Waals surface area (Å²) in [5.74, 6) is 0. The molecule has 0 radical (unpaired) electrons. The van der Waals surface area contributed by atoms with Crippen molar-refractivity contribution in [3.8, 4) is 0 Å². The molecule has 0 fully saturated rings. The first kappa shape index (κ1) is 13.5. The number of benzene rings is 1. The smallest absolute Gasteiger partial charge is 0.0718 e. The minimum Gasteiger partial charge on any atom is -0.389 e. The predicted octanol–water partition coefficient (Wildman–Crippen LogP) is 2.93. The molecule has 1 aromatic rings. The summed E-state index contributed by atoms with van der Waals surface area (Å²) in [7, 11) is 0. The Hall–Kier alpha value is -0.570. The van der Waals surface area contributed by atoms with E-state index < -0.39 is 5.60 Å². The van der Waals surface area contributed by atoms with Crippen LogP contribution in [0.2, 0.25) is 5.02 Å². The summed E-state index contributed by atoms with van der Waals surface area (Å²) in [5.41, 5.74) is 0.437. The third-order valence-electron chi connectivity index (χ3n) is 2.41. The zero-order valence-electron chi connectivity index (χ0n) is 10.2. The monoisotopic (exact) mass is 241 g/mol. The summed E-state index contributed by atoms with van der Waals surface area (Å²) in [6.45, 7) is 8.05. The minimum atomic E-state index is -0.669. The summed E-state index contributed by atoms with van der Waals surface area (Å²) in [6, 6.07) is 7.83. The van der Waals surface area contributed by atoms with E-state index >= 15 is 0 Å². The van der Waals surface area contributed by atoms with Crippen molar-refractivity contribution in [3.63, 3.8) is 0 Å². The van der Waals surface area contributed by atoms with Gasteiger partial charge in [0, 0.05) is 18.1 Å². The van der Waals surface area contributed by atoms with Crippen LogP contribution in [-0.2, 0) is 6.54 Å². The van der Waals surface area contributed by atoms with Crippen LogP contribution in [0.5, 0.6) is 0 Å². The quantitative estimate of drug-likeness (QED) is 0.857. The van der Waals surface area contributed by atoms with Crippen molar-refractivity contribution in [2.45, 2.75) is 32.9 Å². The molecule has 16 heavy (non-hydrogen) atoms. The Bertz CT molecular complexity index is 333. The average molecular weight is 242 g/mol. The molecule has 3 heteroatoms. The molecule has 0 saturated carbocycles. The fourth-order valence-corrected chi connectivity index (χ4v) is 1.89. The van der Waals surface area contributed by atoms with Crippen molar-refractivity contribution >= 4 is 11.6 Å². The van der Waals surface area contributed by atoms with E-state index in [1.807, 2.05) is 38.1 Å². The van der Waals surface area contributed by atoms with E-state index in [4.69, 9.17) is 11.6 Å². The molecule has 1 N–H and O–H groups in total. The van der Waals surface area contributed by atoms with E-state index in [1.54, 1.807) is 0 Å². The van der Waals surface area contributed by atoms with Crippen LogP contribution < -0.4 is 0 Å². The zero-order valence-corrected chi connectivity index (χ0v) is 11.0. The molecule has 0 heterocycles.